The molecule has 108 valence electrons. The van der Waals surface area contributed by atoms with Gasteiger partial charge in [-0.25, -0.2) is 0 Å². The van der Waals surface area contributed by atoms with Gasteiger partial charge in [0.15, 0.2) is 0 Å². The topological polar surface area (TPSA) is 32.3 Å². The Bertz CT molecular complexity index is 331. The molecular weight excluding hydrogens is 236 g/mol. The van der Waals surface area contributed by atoms with Crippen LogP contribution in [0, 0.1) is 11.8 Å². The van der Waals surface area contributed by atoms with E-state index in [9.17, 15) is 4.79 Å². The van der Waals surface area contributed by atoms with Crippen LogP contribution in [0.1, 0.15) is 58.3 Å². The van der Waals surface area contributed by atoms with Crippen molar-refractivity contribution in [3.8, 4) is 0 Å². The molecule has 0 bridgehead atoms. The third-order valence-corrected chi connectivity index (χ3v) is 5.64. The van der Waals surface area contributed by atoms with E-state index in [1.807, 2.05) is 0 Å². The molecule has 3 nitrogen and oxygen atoms in total. The van der Waals surface area contributed by atoms with E-state index in [2.05, 4.69) is 17.1 Å². The number of hydrogen-bond donors (Lipinski definition) is 1. The molecule has 3 aliphatic rings. The van der Waals surface area contributed by atoms with Crippen molar-refractivity contribution in [3.05, 3.63) is 0 Å². The Labute approximate surface area is 117 Å². The number of nitrogens with zero attached hydrogens (tertiary/aromatic N) is 1. The third-order valence-electron chi connectivity index (χ3n) is 5.64. The normalized spacial score (nSPS) is 39.1. The molecule has 0 aromatic carbocycles. The summed E-state index contributed by atoms with van der Waals surface area (Å²) in [6.45, 7) is 4.30. The maximum atomic E-state index is 12.9. The van der Waals surface area contributed by atoms with Gasteiger partial charge >= 0.3 is 0 Å². The molecule has 3 rings (SSSR count). The highest BCUT2D eigenvalue weighted by molar-refractivity contribution is 5.83. The highest BCUT2D eigenvalue weighted by Gasteiger charge is 2.44. The molecule has 4 unspecified atom stereocenters. The summed E-state index contributed by atoms with van der Waals surface area (Å²) in [6.07, 6.45) is 10.0. The molecule has 2 aliphatic heterocycles. The van der Waals surface area contributed by atoms with Gasteiger partial charge in [0.25, 0.3) is 0 Å². The number of carbonyl (C=O) groups is 1. The lowest BCUT2D eigenvalue weighted by Crippen LogP contribution is -2.50. The number of likely N-dealkylation sites (tertiary alicyclic amines) is 1. The fourth-order valence-corrected chi connectivity index (χ4v) is 4.53. The number of hydrogen-bond acceptors (Lipinski definition) is 2. The van der Waals surface area contributed by atoms with Gasteiger partial charge in [-0.3, -0.25) is 4.79 Å². The van der Waals surface area contributed by atoms with Gasteiger partial charge in [-0.15, -0.1) is 0 Å². The average molecular weight is 264 g/mol. The zero-order valence-electron chi connectivity index (χ0n) is 12.2. The predicted octanol–water partition coefficient (Wildman–Crippen LogP) is 2.56. The Morgan fingerprint density at radius 2 is 2.05 bits per heavy atom. The average Bonchev–Trinajstić information content (AvgIpc) is 2.94. The van der Waals surface area contributed by atoms with Crippen molar-refractivity contribution in [2.75, 3.05) is 13.1 Å². The van der Waals surface area contributed by atoms with E-state index in [1.54, 1.807) is 0 Å². The first-order chi connectivity index (χ1) is 9.31. The summed E-state index contributed by atoms with van der Waals surface area (Å²) in [5, 5.41) is 3.53. The summed E-state index contributed by atoms with van der Waals surface area (Å²) in [5.74, 6) is 1.83. The smallest absolute Gasteiger partial charge is 0.240 e. The summed E-state index contributed by atoms with van der Waals surface area (Å²) < 4.78 is 0. The SMILES string of the molecule is CCC1CCCCCN1C(=O)C1NCC2CCCC21. The molecule has 2 saturated heterocycles. The molecular formula is C16H28N2O. The molecule has 0 aromatic heterocycles. The van der Waals surface area contributed by atoms with Gasteiger partial charge < -0.3 is 10.2 Å². The lowest BCUT2D eigenvalue weighted by Gasteiger charge is -2.33. The van der Waals surface area contributed by atoms with Crippen molar-refractivity contribution in [1.29, 1.82) is 0 Å². The number of fused-ring (bicyclic) bond motifs is 1. The van der Waals surface area contributed by atoms with Gasteiger partial charge in [0.1, 0.15) is 0 Å². The zero-order valence-corrected chi connectivity index (χ0v) is 12.2. The van der Waals surface area contributed by atoms with Gasteiger partial charge in [0.05, 0.1) is 6.04 Å². The second-order valence-electron chi connectivity index (χ2n) is 6.68. The van der Waals surface area contributed by atoms with Crippen molar-refractivity contribution in [2.24, 2.45) is 11.8 Å². The standard InChI is InChI=1S/C16H28N2O/c1-2-13-8-4-3-5-10-18(13)16(19)15-14-9-6-7-12(14)11-17-15/h12-15,17H,2-11H2,1H3. The van der Waals surface area contributed by atoms with Crippen LogP contribution >= 0.6 is 0 Å². The molecule has 1 aliphatic carbocycles. The maximum Gasteiger partial charge on any atom is 0.240 e. The van der Waals surface area contributed by atoms with Gasteiger partial charge in [-0.2, -0.15) is 0 Å². The first kappa shape index (κ1) is 13.4. The summed E-state index contributed by atoms with van der Waals surface area (Å²) in [7, 11) is 0. The monoisotopic (exact) mass is 264 g/mol. The van der Waals surface area contributed by atoms with Crippen LogP contribution < -0.4 is 5.32 Å². The van der Waals surface area contributed by atoms with Crippen molar-refractivity contribution in [3.63, 3.8) is 0 Å². The number of amides is 1. The molecule has 2 heterocycles. The van der Waals surface area contributed by atoms with Crippen LogP contribution in [0.4, 0.5) is 0 Å². The molecule has 4 atom stereocenters. The fourth-order valence-electron chi connectivity index (χ4n) is 4.53. The fraction of sp³-hybridized carbons (Fsp3) is 0.938. The molecule has 19 heavy (non-hydrogen) atoms. The minimum Gasteiger partial charge on any atom is -0.338 e. The highest BCUT2D eigenvalue weighted by Crippen LogP contribution is 2.38. The maximum absolute atomic E-state index is 12.9. The van der Waals surface area contributed by atoms with Crippen LogP contribution in [0.25, 0.3) is 0 Å². The Morgan fingerprint density at radius 1 is 1.16 bits per heavy atom. The van der Waals surface area contributed by atoms with Crippen LogP contribution in [0.3, 0.4) is 0 Å². The first-order valence-electron chi connectivity index (χ1n) is 8.35. The van der Waals surface area contributed by atoms with Crippen LogP contribution in [0.5, 0.6) is 0 Å². The van der Waals surface area contributed by atoms with Gasteiger partial charge in [0.2, 0.25) is 5.91 Å². The Morgan fingerprint density at radius 3 is 2.89 bits per heavy atom. The van der Waals surface area contributed by atoms with Gasteiger partial charge in [-0.1, -0.05) is 26.2 Å². The minimum atomic E-state index is 0.139. The largest absolute Gasteiger partial charge is 0.338 e. The van der Waals surface area contributed by atoms with E-state index >= 15 is 0 Å². The Hall–Kier alpha value is -0.570. The van der Waals surface area contributed by atoms with Gasteiger partial charge in [0, 0.05) is 12.6 Å². The van der Waals surface area contributed by atoms with E-state index in [-0.39, 0.29) is 6.04 Å². The van der Waals surface area contributed by atoms with Crippen molar-refractivity contribution < 1.29 is 4.79 Å². The van der Waals surface area contributed by atoms with E-state index < -0.39 is 0 Å². The number of carbonyl (C=O) groups excluding carboxylic acids is 1. The lowest BCUT2D eigenvalue weighted by atomic mass is 9.92. The number of rotatable bonds is 2. The third kappa shape index (κ3) is 2.54. The molecule has 1 amide bonds. The molecule has 0 spiro atoms. The summed E-state index contributed by atoms with van der Waals surface area (Å²) in [6, 6.07) is 0.636. The predicted molar refractivity (Wildman–Crippen MR) is 76.9 cm³/mol. The van der Waals surface area contributed by atoms with Crippen LogP contribution in [0.2, 0.25) is 0 Å². The van der Waals surface area contributed by atoms with Crippen molar-refractivity contribution in [2.45, 2.75) is 70.4 Å². The minimum absolute atomic E-state index is 0.139. The van der Waals surface area contributed by atoms with Crippen molar-refractivity contribution >= 4 is 5.91 Å². The summed E-state index contributed by atoms with van der Waals surface area (Å²) >= 11 is 0. The quantitative estimate of drug-likeness (QED) is 0.831. The summed E-state index contributed by atoms with van der Waals surface area (Å²) in [4.78, 5) is 15.2. The molecule has 1 saturated carbocycles. The Balaban J connectivity index is 1.70. The molecule has 3 fully saturated rings. The van der Waals surface area contributed by atoms with E-state index in [4.69, 9.17) is 0 Å². The molecule has 0 radical (unpaired) electrons. The van der Waals surface area contributed by atoms with Crippen molar-refractivity contribution in [1.82, 2.24) is 10.2 Å². The van der Waals surface area contributed by atoms with Crippen LogP contribution in [-0.2, 0) is 4.79 Å². The zero-order chi connectivity index (χ0) is 13.2. The Kier molecular flexibility index (Phi) is 4.11. The van der Waals surface area contributed by atoms with E-state index in [0.29, 0.717) is 17.9 Å². The summed E-state index contributed by atoms with van der Waals surface area (Å²) in [5.41, 5.74) is 0. The molecule has 0 aromatic rings. The second-order valence-corrected chi connectivity index (χ2v) is 6.68. The van der Waals surface area contributed by atoms with Crippen LogP contribution in [0.15, 0.2) is 0 Å². The lowest BCUT2D eigenvalue weighted by molar-refractivity contribution is -0.136. The molecule has 3 heteroatoms. The first-order valence-corrected chi connectivity index (χ1v) is 8.35. The van der Waals surface area contributed by atoms with Gasteiger partial charge in [-0.05, 0) is 50.5 Å². The number of nitrogens with one attached hydrogen (secondary N) is 1. The second kappa shape index (κ2) is 5.82. The van der Waals surface area contributed by atoms with E-state index in [1.165, 1.54) is 44.9 Å². The highest BCUT2D eigenvalue weighted by atomic mass is 16.2. The van der Waals surface area contributed by atoms with E-state index in [0.717, 1.165) is 25.4 Å². The molecule has 1 N–H and O–H groups in total. The van der Waals surface area contributed by atoms with Crippen LogP contribution in [-0.4, -0.2) is 36.0 Å².